The molecular weight excluding hydrogens is 254 g/mol. The van der Waals surface area contributed by atoms with E-state index in [0.717, 1.165) is 11.6 Å². The number of hydrogen-bond donors (Lipinski definition) is 1. The molecular formula is C16H15NO3. The van der Waals surface area contributed by atoms with Crippen LogP contribution in [0.25, 0.3) is 6.08 Å². The summed E-state index contributed by atoms with van der Waals surface area (Å²) in [5, 5.41) is 8.62. The Balaban J connectivity index is 2.29. The van der Waals surface area contributed by atoms with Crippen molar-refractivity contribution in [3.8, 4) is 0 Å². The Labute approximate surface area is 117 Å². The van der Waals surface area contributed by atoms with Gasteiger partial charge in [0.2, 0.25) is 0 Å². The molecule has 4 nitrogen and oxygen atoms in total. The van der Waals surface area contributed by atoms with Crippen molar-refractivity contribution in [3.05, 3.63) is 65.0 Å². The van der Waals surface area contributed by atoms with Gasteiger partial charge in [-0.25, -0.2) is 4.79 Å². The fourth-order valence-corrected chi connectivity index (χ4v) is 1.90. The van der Waals surface area contributed by atoms with Gasteiger partial charge in [-0.05, 0) is 19.1 Å². The monoisotopic (exact) mass is 269 g/mol. The smallest absolute Gasteiger partial charge is 0.328 e. The summed E-state index contributed by atoms with van der Waals surface area (Å²) in [6, 6.07) is 9.04. The van der Waals surface area contributed by atoms with Gasteiger partial charge in [0.1, 0.15) is 0 Å². The van der Waals surface area contributed by atoms with E-state index in [9.17, 15) is 9.59 Å². The topological polar surface area (TPSA) is 59.3 Å². The molecule has 0 spiro atoms. The molecule has 2 rings (SSSR count). The minimum absolute atomic E-state index is 0.0735. The standard InChI is InChI=1S/C16H15NO3/c1-11-3-5-12(6-4-11)16(20)13-9-14(17(2)10-13)7-8-15(18)19/h3-10H,1-2H3,(H,18,19)/b8-7+. The fourth-order valence-electron chi connectivity index (χ4n) is 1.90. The molecule has 2 aromatic rings. The average molecular weight is 269 g/mol. The average Bonchev–Trinajstić information content (AvgIpc) is 2.78. The Morgan fingerprint density at radius 1 is 1.15 bits per heavy atom. The molecule has 0 aliphatic carbocycles. The van der Waals surface area contributed by atoms with Crippen LogP contribution in [0.1, 0.15) is 27.2 Å². The molecule has 0 saturated carbocycles. The van der Waals surface area contributed by atoms with Crippen LogP contribution < -0.4 is 0 Å². The predicted octanol–water partition coefficient (Wildman–Crippen LogP) is 2.66. The molecule has 1 aromatic heterocycles. The second-order valence-electron chi connectivity index (χ2n) is 4.63. The summed E-state index contributed by atoms with van der Waals surface area (Å²) < 4.78 is 1.72. The first-order valence-corrected chi connectivity index (χ1v) is 6.16. The molecule has 0 unspecified atom stereocenters. The highest BCUT2D eigenvalue weighted by atomic mass is 16.4. The molecule has 0 aliphatic rings. The third-order valence-electron chi connectivity index (χ3n) is 3.02. The largest absolute Gasteiger partial charge is 0.478 e. The number of carboxylic acids is 1. The number of carbonyl (C=O) groups excluding carboxylic acids is 1. The predicted molar refractivity (Wildman–Crippen MR) is 76.7 cm³/mol. The minimum atomic E-state index is -1.02. The lowest BCUT2D eigenvalue weighted by molar-refractivity contribution is -0.131. The van der Waals surface area contributed by atoms with Gasteiger partial charge in [0.25, 0.3) is 0 Å². The molecule has 1 aromatic carbocycles. The van der Waals surface area contributed by atoms with Gasteiger partial charge in [0.15, 0.2) is 5.78 Å². The summed E-state index contributed by atoms with van der Waals surface area (Å²) in [6.07, 6.45) is 4.22. The molecule has 20 heavy (non-hydrogen) atoms. The first kappa shape index (κ1) is 13.8. The summed E-state index contributed by atoms with van der Waals surface area (Å²) >= 11 is 0. The maximum absolute atomic E-state index is 12.3. The van der Waals surface area contributed by atoms with E-state index in [-0.39, 0.29) is 5.78 Å². The van der Waals surface area contributed by atoms with Crippen LogP contribution in [0.4, 0.5) is 0 Å². The van der Waals surface area contributed by atoms with Crippen LogP contribution >= 0.6 is 0 Å². The molecule has 0 atom stereocenters. The molecule has 0 fully saturated rings. The summed E-state index contributed by atoms with van der Waals surface area (Å²) in [5.74, 6) is -1.09. The lowest BCUT2D eigenvalue weighted by Gasteiger charge is -1.98. The number of aliphatic carboxylic acids is 1. The van der Waals surface area contributed by atoms with Gasteiger partial charge >= 0.3 is 5.97 Å². The number of aryl methyl sites for hydroxylation is 2. The van der Waals surface area contributed by atoms with Crippen LogP contribution in [0.2, 0.25) is 0 Å². The Bertz CT molecular complexity index is 678. The van der Waals surface area contributed by atoms with Crippen LogP contribution in [0.5, 0.6) is 0 Å². The molecule has 1 heterocycles. The normalized spacial score (nSPS) is 10.9. The van der Waals surface area contributed by atoms with Gasteiger partial charge in [-0.1, -0.05) is 29.8 Å². The van der Waals surface area contributed by atoms with Crippen LogP contribution in [0.15, 0.2) is 42.6 Å². The van der Waals surface area contributed by atoms with Crippen molar-refractivity contribution in [1.29, 1.82) is 0 Å². The fraction of sp³-hybridized carbons (Fsp3) is 0.125. The maximum Gasteiger partial charge on any atom is 0.328 e. The van der Waals surface area contributed by atoms with Crippen molar-refractivity contribution in [2.75, 3.05) is 0 Å². The number of carbonyl (C=O) groups is 2. The van der Waals surface area contributed by atoms with Crippen LogP contribution in [0, 0.1) is 6.92 Å². The number of carboxylic acid groups (broad SMARTS) is 1. The van der Waals surface area contributed by atoms with Crippen molar-refractivity contribution in [2.45, 2.75) is 6.92 Å². The summed E-state index contributed by atoms with van der Waals surface area (Å²) in [6.45, 7) is 1.96. The zero-order valence-electron chi connectivity index (χ0n) is 11.3. The number of rotatable bonds is 4. The van der Waals surface area contributed by atoms with E-state index in [0.29, 0.717) is 16.8 Å². The van der Waals surface area contributed by atoms with Crippen LogP contribution in [-0.2, 0) is 11.8 Å². The Morgan fingerprint density at radius 2 is 1.80 bits per heavy atom. The Hall–Kier alpha value is -2.62. The van der Waals surface area contributed by atoms with Crippen molar-refractivity contribution >= 4 is 17.8 Å². The van der Waals surface area contributed by atoms with Gasteiger partial charge in [-0.2, -0.15) is 0 Å². The summed E-state index contributed by atoms with van der Waals surface area (Å²) in [4.78, 5) is 22.8. The first-order chi connectivity index (χ1) is 9.47. The zero-order valence-corrected chi connectivity index (χ0v) is 11.3. The van der Waals surface area contributed by atoms with Crippen molar-refractivity contribution in [1.82, 2.24) is 4.57 Å². The third-order valence-corrected chi connectivity index (χ3v) is 3.02. The quantitative estimate of drug-likeness (QED) is 0.685. The molecule has 0 radical (unpaired) electrons. The van der Waals surface area contributed by atoms with E-state index < -0.39 is 5.97 Å². The van der Waals surface area contributed by atoms with Gasteiger partial charge < -0.3 is 9.67 Å². The molecule has 1 N–H and O–H groups in total. The molecule has 0 saturated heterocycles. The molecule has 102 valence electrons. The van der Waals surface area contributed by atoms with Crippen molar-refractivity contribution in [3.63, 3.8) is 0 Å². The minimum Gasteiger partial charge on any atom is -0.478 e. The highest BCUT2D eigenvalue weighted by molar-refractivity contribution is 6.09. The van der Waals surface area contributed by atoms with E-state index in [1.165, 1.54) is 6.08 Å². The van der Waals surface area contributed by atoms with E-state index >= 15 is 0 Å². The highest BCUT2D eigenvalue weighted by Gasteiger charge is 2.11. The molecule has 0 amide bonds. The number of aromatic nitrogens is 1. The molecule has 0 bridgehead atoms. The maximum atomic E-state index is 12.3. The second kappa shape index (κ2) is 5.57. The van der Waals surface area contributed by atoms with E-state index in [2.05, 4.69) is 0 Å². The second-order valence-corrected chi connectivity index (χ2v) is 4.63. The number of benzene rings is 1. The number of ketones is 1. The lowest BCUT2D eigenvalue weighted by atomic mass is 10.0. The number of nitrogens with zero attached hydrogens (tertiary/aromatic N) is 1. The molecule has 0 aliphatic heterocycles. The molecule has 4 heteroatoms. The van der Waals surface area contributed by atoms with Crippen molar-refractivity contribution < 1.29 is 14.7 Å². The Morgan fingerprint density at radius 3 is 2.40 bits per heavy atom. The van der Waals surface area contributed by atoms with Crippen LogP contribution in [0.3, 0.4) is 0 Å². The summed E-state index contributed by atoms with van der Waals surface area (Å²) in [5.41, 5.74) is 2.93. The zero-order chi connectivity index (χ0) is 14.7. The van der Waals surface area contributed by atoms with Crippen molar-refractivity contribution in [2.24, 2.45) is 7.05 Å². The summed E-state index contributed by atoms with van der Waals surface area (Å²) in [7, 11) is 1.77. The SMILES string of the molecule is Cc1ccc(C(=O)c2cc(/C=C/C(=O)O)n(C)c2)cc1. The first-order valence-electron chi connectivity index (χ1n) is 6.16. The van der Waals surface area contributed by atoms with Gasteiger partial charge in [0, 0.05) is 36.1 Å². The van der Waals surface area contributed by atoms with E-state index in [4.69, 9.17) is 5.11 Å². The van der Waals surface area contributed by atoms with Gasteiger partial charge in [-0.3, -0.25) is 4.79 Å². The van der Waals surface area contributed by atoms with E-state index in [1.54, 1.807) is 36.0 Å². The third kappa shape index (κ3) is 3.03. The van der Waals surface area contributed by atoms with E-state index in [1.807, 2.05) is 19.1 Å². The van der Waals surface area contributed by atoms with Gasteiger partial charge in [0.05, 0.1) is 0 Å². The van der Waals surface area contributed by atoms with Gasteiger partial charge in [-0.15, -0.1) is 0 Å². The Kier molecular flexibility index (Phi) is 3.84. The number of hydrogen-bond acceptors (Lipinski definition) is 2. The highest BCUT2D eigenvalue weighted by Crippen LogP contribution is 2.15. The lowest BCUT2D eigenvalue weighted by Crippen LogP contribution is -1.99. The van der Waals surface area contributed by atoms with Crippen LogP contribution in [-0.4, -0.2) is 21.4 Å².